The van der Waals surface area contributed by atoms with Gasteiger partial charge in [-0.2, -0.15) is 0 Å². The lowest BCUT2D eigenvalue weighted by atomic mass is 9.73. The normalized spacial score (nSPS) is 30.1. The molecule has 1 aromatic rings. The smallest absolute Gasteiger partial charge is 0.227 e. The van der Waals surface area contributed by atoms with Crippen molar-refractivity contribution in [3.8, 4) is 0 Å². The molecule has 0 N–H and O–H groups in total. The molecule has 0 aromatic heterocycles. The number of nitrogens with zero attached hydrogens (tertiary/aromatic N) is 2. The van der Waals surface area contributed by atoms with E-state index in [1.807, 2.05) is 6.07 Å². The Kier molecular flexibility index (Phi) is 6.95. The monoisotopic (exact) mass is 454 g/mol. The van der Waals surface area contributed by atoms with E-state index in [0.717, 1.165) is 51.3 Å². The van der Waals surface area contributed by atoms with Gasteiger partial charge in [0.15, 0.2) is 0 Å². The Morgan fingerprint density at radius 1 is 1.13 bits per heavy atom. The van der Waals surface area contributed by atoms with Crippen molar-refractivity contribution in [1.29, 1.82) is 0 Å². The van der Waals surface area contributed by atoms with Crippen LogP contribution in [0.25, 0.3) is 0 Å². The number of rotatable bonds is 6. The van der Waals surface area contributed by atoms with Crippen LogP contribution in [0.3, 0.4) is 0 Å². The van der Waals surface area contributed by atoms with Gasteiger partial charge >= 0.3 is 0 Å². The van der Waals surface area contributed by atoms with Gasteiger partial charge in [-0.3, -0.25) is 9.69 Å². The maximum Gasteiger partial charge on any atom is 0.227 e. The molecule has 0 saturated carbocycles. The SMILES string of the molecule is CCC1COCC2N(CCC3COC3)CCN(C(=O)Cc3ccc(Cl)c(Cl)c3)C12C. The maximum absolute atomic E-state index is 13.5. The van der Waals surface area contributed by atoms with E-state index in [-0.39, 0.29) is 17.5 Å². The zero-order valence-electron chi connectivity index (χ0n) is 17.9. The molecule has 7 heteroatoms. The minimum atomic E-state index is -0.228. The predicted octanol–water partition coefficient (Wildman–Crippen LogP) is 3.90. The molecule has 0 aliphatic carbocycles. The summed E-state index contributed by atoms with van der Waals surface area (Å²) < 4.78 is 11.4. The molecule has 3 heterocycles. The zero-order valence-corrected chi connectivity index (χ0v) is 19.4. The van der Waals surface area contributed by atoms with Crippen molar-refractivity contribution in [2.75, 3.05) is 46.1 Å². The third-order valence-electron chi connectivity index (χ3n) is 7.39. The molecule has 5 nitrogen and oxygen atoms in total. The Morgan fingerprint density at radius 2 is 1.90 bits per heavy atom. The summed E-state index contributed by atoms with van der Waals surface area (Å²) in [5, 5.41) is 1.01. The standard InChI is InChI=1S/C23H32Cl2N2O3/c1-3-18-14-30-15-21-23(18,2)27(9-8-26(21)7-6-17-12-29-13-17)22(28)11-16-4-5-19(24)20(25)10-16/h4-5,10,17-18,21H,3,6-9,11-15H2,1-2H3. The van der Waals surface area contributed by atoms with Crippen molar-refractivity contribution in [1.82, 2.24) is 9.80 Å². The molecule has 3 aliphatic rings. The van der Waals surface area contributed by atoms with Crippen molar-refractivity contribution < 1.29 is 14.3 Å². The average molecular weight is 455 g/mol. The van der Waals surface area contributed by atoms with E-state index in [1.54, 1.807) is 12.1 Å². The van der Waals surface area contributed by atoms with Gasteiger partial charge in [0.25, 0.3) is 0 Å². The molecule has 0 radical (unpaired) electrons. The Morgan fingerprint density at radius 3 is 2.57 bits per heavy atom. The van der Waals surface area contributed by atoms with E-state index >= 15 is 0 Å². The highest BCUT2D eigenvalue weighted by atomic mass is 35.5. The number of halogens is 2. The third kappa shape index (κ3) is 4.24. The van der Waals surface area contributed by atoms with Gasteiger partial charge in [0.1, 0.15) is 0 Å². The first-order valence-electron chi connectivity index (χ1n) is 11.1. The minimum absolute atomic E-state index is 0.160. The number of hydrogen-bond donors (Lipinski definition) is 0. The highest BCUT2D eigenvalue weighted by molar-refractivity contribution is 6.42. The van der Waals surface area contributed by atoms with Crippen LogP contribution in [-0.4, -0.2) is 73.3 Å². The van der Waals surface area contributed by atoms with Crippen molar-refractivity contribution in [2.24, 2.45) is 11.8 Å². The Hall–Kier alpha value is -0.850. The van der Waals surface area contributed by atoms with Crippen molar-refractivity contribution in [3.63, 3.8) is 0 Å². The highest BCUT2D eigenvalue weighted by Gasteiger charge is 2.54. The fourth-order valence-corrected chi connectivity index (χ4v) is 5.66. The number of carbonyl (C=O) groups is 1. The molecule has 0 spiro atoms. The van der Waals surface area contributed by atoms with Gasteiger partial charge in [-0.05, 0) is 44.0 Å². The summed E-state index contributed by atoms with van der Waals surface area (Å²) in [5.74, 6) is 1.16. The molecule has 166 valence electrons. The van der Waals surface area contributed by atoms with E-state index in [9.17, 15) is 4.79 Å². The van der Waals surface area contributed by atoms with Crippen molar-refractivity contribution in [3.05, 3.63) is 33.8 Å². The van der Waals surface area contributed by atoms with E-state index in [0.29, 0.717) is 41.5 Å². The minimum Gasteiger partial charge on any atom is -0.381 e. The molecule has 3 fully saturated rings. The van der Waals surface area contributed by atoms with Crippen LogP contribution < -0.4 is 0 Å². The lowest BCUT2D eigenvalue weighted by molar-refractivity contribution is -0.174. The predicted molar refractivity (Wildman–Crippen MR) is 119 cm³/mol. The summed E-state index contributed by atoms with van der Waals surface area (Å²) in [4.78, 5) is 18.2. The van der Waals surface area contributed by atoms with Gasteiger partial charge in [-0.25, -0.2) is 0 Å². The summed E-state index contributed by atoms with van der Waals surface area (Å²) in [7, 11) is 0. The molecule has 1 aromatic carbocycles. The molecule has 30 heavy (non-hydrogen) atoms. The summed E-state index contributed by atoms with van der Waals surface area (Å²) in [6.45, 7) is 10.3. The first-order valence-corrected chi connectivity index (χ1v) is 11.8. The van der Waals surface area contributed by atoms with Crippen LogP contribution in [-0.2, 0) is 20.7 Å². The molecular weight excluding hydrogens is 423 g/mol. The summed E-state index contributed by atoms with van der Waals surface area (Å²) in [5.41, 5.74) is 0.677. The fraction of sp³-hybridized carbons (Fsp3) is 0.696. The topological polar surface area (TPSA) is 42.0 Å². The summed E-state index contributed by atoms with van der Waals surface area (Å²) in [6.07, 6.45) is 2.49. The van der Waals surface area contributed by atoms with E-state index in [2.05, 4.69) is 23.6 Å². The van der Waals surface area contributed by atoms with Crippen LogP contribution in [0.5, 0.6) is 0 Å². The number of fused-ring (bicyclic) bond motifs is 1. The first-order chi connectivity index (χ1) is 14.4. The number of hydrogen-bond acceptors (Lipinski definition) is 4. The zero-order chi connectivity index (χ0) is 21.3. The average Bonchev–Trinajstić information content (AvgIpc) is 2.68. The van der Waals surface area contributed by atoms with E-state index in [1.165, 1.54) is 0 Å². The van der Waals surface area contributed by atoms with Crippen LogP contribution in [0.15, 0.2) is 18.2 Å². The Balaban J connectivity index is 1.53. The van der Waals surface area contributed by atoms with Gasteiger partial charge in [0.05, 0.1) is 54.5 Å². The Labute approximate surface area is 189 Å². The molecule has 3 unspecified atom stereocenters. The molecule has 0 bridgehead atoms. The van der Waals surface area contributed by atoms with Gasteiger partial charge in [0, 0.05) is 24.9 Å². The van der Waals surface area contributed by atoms with Gasteiger partial charge in [-0.15, -0.1) is 0 Å². The van der Waals surface area contributed by atoms with Crippen molar-refractivity contribution in [2.45, 2.75) is 44.7 Å². The number of piperazine rings is 1. The number of benzene rings is 1. The second-order valence-electron chi connectivity index (χ2n) is 9.08. The highest BCUT2D eigenvalue weighted by Crippen LogP contribution is 2.40. The lowest BCUT2D eigenvalue weighted by Crippen LogP contribution is -2.74. The first kappa shape index (κ1) is 22.3. The molecule has 3 aliphatic heterocycles. The molecule has 4 rings (SSSR count). The molecule has 1 amide bonds. The number of carbonyl (C=O) groups excluding carboxylic acids is 1. The van der Waals surface area contributed by atoms with Crippen molar-refractivity contribution >= 4 is 29.1 Å². The quantitative estimate of drug-likeness (QED) is 0.653. The van der Waals surface area contributed by atoms with Crippen LogP contribution in [0.4, 0.5) is 0 Å². The van der Waals surface area contributed by atoms with E-state index < -0.39 is 0 Å². The fourth-order valence-electron chi connectivity index (χ4n) is 5.34. The molecular formula is C23H32Cl2N2O3. The molecule has 3 atom stereocenters. The van der Waals surface area contributed by atoms with Gasteiger partial charge in [-0.1, -0.05) is 36.2 Å². The van der Waals surface area contributed by atoms with E-state index in [4.69, 9.17) is 32.7 Å². The van der Waals surface area contributed by atoms with Crippen LogP contribution >= 0.6 is 23.2 Å². The van der Waals surface area contributed by atoms with Crippen LogP contribution in [0.1, 0.15) is 32.3 Å². The van der Waals surface area contributed by atoms with Crippen LogP contribution in [0.2, 0.25) is 10.0 Å². The summed E-state index contributed by atoms with van der Waals surface area (Å²) >= 11 is 12.2. The number of amides is 1. The third-order valence-corrected chi connectivity index (χ3v) is 8.13. The second-order valence-corrected chi connectivity index (χ2v) is 9.90. The molecule has 3 saturated heterocycles. The largest absolute Gasteiger partial charge is 0.381 e. The van der Waals surface area contributed by atoms with Crippen LogP contribution in [0, 0.1) is 11.8 Å². The second kappa shape index (κ2) is 9.33. The maximum atomic E-state index is 13.5. The van der Waals surface area contributed by atoms with Gasteiger partial charge in [0.2, 0.25) is 5.91 Å². The lowest BCUT2D eigenvalue weighted by Gasteiger charge is -2.60. The summed E-state index contributed by atoms with van der Waals surface area (Å²) in [6, 6.07) is 5.69. The van der Waals surface area contributed by atoms with Gasteiger partial charge < -0.3 is 14.4 Å². The Bertz CT molecular complexity index is 773. The number of ether oxygens (including phenoxy) is 2.